The van der Waals surface area contributed by atoms with Crippen LogP contribution in [0.25, 0.3) is 0 Å². The summed E-state index contributed by atoms with van der Waals surface area (Å²) in [5, 5.41) is 16.5. The molecule has 150 valence electrons. The summed E-state index contributed by atoms with van der Waals surface area (Å²) < 4.78 is 15.9. The second kappa shape index (κ2) is 7.55. The van der Waals surface area contributed by atoms with Crippen molar-refractivity contribution in [2.45, 2.75) is 24.9 Å². The highest BCUT2D eigenvalue weighted by atomic mass is 16.5. The molecule has 3 atom stereocenters. The van der Waals surface area contributed by atoms with Crippen molar-refractivity contribution >= 4 is 5.97 Å². The SMILES string of the molecule is C=CCOC(=O)[C@@H]1[C@@H](c2ccc(OC)c(OC)c2)c2c([nH][nH]c2=O)C[C@@]1(C)O. The predicted molar refractivity (Wildman–Crippen MR) is 102 cm³/mol. The van der Waals surface area contributed by atoms with Crippen LogP contribution >= 0.6 is 0 Å². The number of esters is 1. The number of nitrogens with one attached hydrogen (secondary N) is 2. The minimum absolute atomic E-state index is 0.0143. The standard InChI is InChI=1S/C20H24N2O6/c1-5-8-28-19(24)17-15(11-6-7-13(26-3)14(9-11)27-4)16-12(10-20(17,2)25)21-22-18(16)23/h5-7,9,15,17,25H,1,8,10H2,2-4H3,(H2,21,22,23)/t15-,17-,20+/m0/s1. The van der Waals surface area contributed by atoms with E-state index in [-0.39, 0.29) is 18.6 Å². The van der Waals surface area contributed by atoms with Crippen LogP contribution in [0.1, 0.15) is 29.7 Å². The van der Waals surface area contributed by atoms with Gasteiger partial charge in [-0.1, -0.05) is 18.7 Å². The molecule has 8 heteroatoms. The van der Waals surface area contributed by atoms with Crippen molar-refractivity contribution in [1.82, 2.24) is 10.2 Å². The van der Waals surface area contributed by atoms with Crippen LogP contribution in [-0.4, -0.2) is 47.7 Å². The van der Waals surface area contributed by atoms with E-state index in [1.807, 2.05) is 0 Å². The average Bonchev–Trinajstić information content (AvgIpc) is 3.03. The summed E-state index contributed by atoms with van der Waals surface area (Å²) in [6, 6.07) is 5.15. The number of carbonyl (C=O) groups is 1. The number of H-pyrrole nitrogens is 2. The summed E-state index contributed by atoms with van der Waals surface area (Å²) >= 11 is 0. The summed E-state index contributed by atoms with van der Waals surface area (Å²) in [5.41, 5.74) is -0.188. The topological polar surface area (TPSA) is 114 Å². The molecule has 3 rings (SSSR count). The number of aromatic nitrogens is 2. The van der Waals surface area contributed by atoms with Crippen molar-refractivity contribution in [2.24, 2.45) is 5.92 Å². The van der Waals surface area contributed by atoms with Gasteiger partial charge in [0, 0.05) is 23.6 Å². The van der Waals surface area contributed by atoms with Crippen LogP contribution in [0, 0.1) is 5.92 Å². The van der Waals surface area contributed by atoms with Crippen LogP contribution in [0.2, 0.25) is 0 Å². The molecular weight excluding hydrogens is 364 g/mol. The zero-order valence-electron chi connectivity index (χ0n) is 16.1. The fourth-order valence-corrected chi connectivity index (χ4v) is 3.89. The number of carbonyl (C=O) groups excluding carboxylic acids is 1. The molecule has 3 N–H and O–H groups in total. The van der Waals surface area contributed by atoms with Crippen molar-refractivity contribution in [3.63, 3.8) is 0 Å². The Morgan fingerprint density at radius 3 is 2.68 bits per heavy atom. The number of fused-ring (bicyclic) bond motifs is 1. The van der Waals surface area contributed by atoms with Gasteiger partial charge in [-0.25, -0.2) is 0 Å². The average molecular weight is 388 g/mol. The highest BCUT2D eigenvalue weighted by Crippen LogP contribution is 2.46. The van der Waals surface area contributed by atoms with E-state index >= 15 is 0 Å². The molecule has 0 unspecified atom stereocenters. The Bertz CT molecular complexity index is 942. The molecule has 0 saturated heterocycles. The number of aromatic amines is 2. The first kappa shape index (κ1) is 19.8. The van der Waals surface area contributed by atoms with Crippen LogP contribution < -0.4 is 15.0 Å². The Kier molecular flexibility index (Phi) is 5.33. The Morgan fingerprint density at radius 1 is 1.32 bits per heavy atom. The summed E-state index contributed by atoms with van der Waals surface area (Å²) in [4.78, 5) is 25.4. The van der Waals surface area contributed by atoms with Gasteiger partial charge >= 0.3 is 5.97 Å². The van der Waals surface area contributed by atoms with Gasteiger partial charge in [0.05, 0.1) is 25.7 Å². The molecule has 1 aromatic carbocycles. The van der Waals surface area contributed by atoms with Crippen molar-refractivity contribution in [1.29, 1.82) is 0 Å². The van der Waals surface area contributed by atoms with E-state index in [9.17, 15) is 14.7 Å². The molecule has 8 nitrogen and oxygen atoms in total. The molecule has 28 heavy (non-hydrogen) atoms. The summed E-state index contributed by atoms with van der Waals surface area (Å²) in [5.74, 6) is -1.35. The number of methoxy groups -OCH3 is 2. The van der Waals surface area contributed by atoms with E-state index in [0.29, 0.717) is 28.3 Å². The van der Waals surface area contributed by atoms with Crippen molar-refractivity contribution in [2.75, 3.05) is 20.8 Å². The third-order valence-corrected chi connectivity index (χ3v) is 5.11. The third-order valence-electron chi connectivity index (χ3n) is 5.11. The largest absolute Gasteiger partial charge is 0.493 e. The fraction of sp³-hybridized carbons (Fsp3) is 0.400. The molecular formula is C20H24N2O6. The Morgan fingerprint density at radius 2 is 2.04 bits per heavy atom. The van der Waals surface area contributed by atoms with Gasteiger partial charge in [-0.05, 0) is 24.6 Å². The van der Waals surface area contributed by atoms with Gasteiger partial charge < -0.3 is 24.4 Å². The quantitative estimate of drug-likeness (QED) is 0.511. The Balaban J connectivity index is 2.19. The normalized spacial score (nSPS) is 23.6. The number of hydrogen-bond acceptors (Lipinski definition) is 6. The lowest BCUT2D eigenvalue weighted by molar-refractivity contribution is -0.158. The smallest absolute Gasteiger partial charge is 0.313 e. The molecule has 0 fully saturated rings. The van der Waals surface area contributed by atoms with Crippen molar-refractivity contribution in [3.8, 4) is 11.5 Å². The van der Waals surface area contributed by atoms with E-state index in [1.165, 1.54) is 20.3 Å². The molecule has 1 aromatic heterocycles. The lowest BCUT2D eigenvalue weighted by atomic mass is 9.66. The number of benzene rings is 1. The maximum absolute atomic E-state index is 12.9. The highest BCUT2D eigenvalue weighted by Gasteiger charge is 2.51. The Labute approximate surface area is 162 Å². The summed E-state index contributed by atoms with van der Waals surface area (Å²) in [6.45, 7) is 5.12. The van der Waals surface area contributed by atoms with Crippen molar-refractivity contribution in [3.05, 3.63) is 58.0 Å². The first-order chi connectivity index (χ1) is 13.3. The summed E-state index contributed by atoms with van der Waals surface area (Å²) in [7, 11) is 3.02. The number of aliphatic hydroxyl groups is 1. The van der Waals surface area contributed by atoms with Gasteiger partial charge in [-0.2, -0.15) is 0 Å². The lowest BCUT2D eigenvalue weighted by Crippen LogP contribution is -2.50. The lowest BCUT2D eigenvalue weighted by Gasteiger charge is -2.40. The molecule has 0 amide bonds. The summed E-state index contributed by atoms with van der Waals surface area (Å²) in [6.07, 6.45) is 1.56. The molecule has 0 saturated carbocycles. The van der Waals surface area contributed by atoms with Gasteiger partial charge in [0.2, 0.25) is 0 Å². The minimum atomic E-state index is -1.44. The first-order valence-electron chi connectivity index (χ1n) is 8.85. The van der Waals surface area contributed by atoms with Crippen molar-refractivity contribution < 1.29 is 24.1 Å². The van der Waals surface area contributed by atoms with Gasteiger partial charge in [-0.3, -0.25) is 14.7 Å². The van der Waals surface area contributed by atoms with E-state index in [4.69, 9.17) is 14.2 Å². The van der Waals surface area contributed by atoms with Crippen LogP contribution in [0.3, 0.4) is 0 Å². The Hall–Kier alpha value is -3.00. The zero-order valence-corrected chi connectivity index (χ0v) is 16.1. The molecule has 1 aliphatic rings. The van der Waals surface area contributed by atoms with E-state index < -0.39 is 23.4 Å². The minimum Gasteiger partial charge on any atom is -0.493 e. The number of hydrogen-bond donors (Lipinski definition) is 3. The molecule has 0 spiro atoms. The molecule has 1 aliphatic carbocycles. The predicted octanol–water partition coefficient (Wildman–Crippen LogP) is 1.50. The van der Waals surface area contributed by atoms with Crippen LogP contribution in [0.4, 0.5) is 0 Å². The van der Waals surface area contributed by atoms with Gasteiger partial charge in [0.15, 0.2) is 11.5 Å². The molecule has 0 bridgehead atoms. The maximum Gasteiger partial charge on any atom is 0.313 e. The monoisotopic (exact) mass is 388 g/mol. The van der Waals surface area contributed by atoms with Crippen LogP contribution in [-0.2, 0) is 16.0 Å². The molecule has 0 aliphatic heterocycles. The van der Waals surface area contributed by atoms with Gasteiger partial charge in [0.1, 0.15) is 6.61 Å². The fourth-order valence-electron chi connectivity index (χ4n) is 3.89. The first-order valence-corrected chi connectivity index (χ1v) is 8.85. The molecule has 0 radical (unpaired) electrons. The molecule has 2 aromatic rings. The van der Waals surface area contributed by atoms with Gasteiger partial charge in [0.25, 0.3) is 5.56 Å². The third kappa shape index (κ3) is 3.31. The maximum atomic E-state index is 12.9. The second-order valence-electron chi connectivity index (χ2n) is 6.99. The highest BCUT2D eigenvalue weighted by molar-refractivity contribution is 5.77. The van der Waals surface area contributed by atoms with E-state index in [1.54, 1.807) is 25.1 Å². The number of ether oxygens (including phenoxy) is 3. The van der Waals surface area contributed by atoms with Crippen LogP contribution in [0.15, 0.2) is 35.6 Å². The molecule has 1 heterocycles. The van der Waals surface area contributed by atoms with E-state index in [0.717, 1.165) is 0 Å². The van der Waals surface area contributed by atoms with E-state index in [2.05, 4.69) is 16.8 Å². The second-order valence-corrected chi connectivity index (χ2v) is 6.99. The number of rotatable bonds is 6. The van der Waals surface area contributed by atoms with Gasteiger partial charge in [-0.15, -0.1) is 0 Å². The van der Waals surface area contributed by atoms with Crippen LogP contribution in [0.5, 0.6) is 11.5 Å². The zero-order chi connectivity index (χ0) is 20.5.